The molecule has 0 saturated carbocycles. The monoisotopic (exact) mass is 341 g/mol. The summed E-state index contributed by atoms with van der Waals surface area (Å²) in [6, 6.07) is 10.7. The lowest BCUT2D eigenvalue weighted by Crippen LogP contribution is -2.46. The van der Waals surface area contributed by atoms with Crippen molar-refractivity contribution in [3.63, 3.8) is 0 Å². The van der Waals surface area contributed by atoms with Gasteiger partial charge in [-0.05, 0) is 30.9 Å². The van der Waals surface area contributed by atoms with Gasteiger partial charge in [-0.3, -0.25) is 14.9 Å². The molecule has 2 amide bonds. The average Bonchev–Trinajstić information content (AvgIpc) is 2.92. The van der Waals surface area contributed by atoms with Crippen molar-refractivity contribution in [2.24, 2.45) is 7.05 Å². The molecule has 0 spiro atoms. The van der Waals surface area contributed by atoms with Crippen LogP contribution in [0.15, 0.2) is 30.3 Å². The van der Waals surface area contributed by atoms with Crippen molar-refractivity contribution in [2.45, 2.75) is 39.3 Å². The summed E-state index contributed by atoms with van der Waals surface area (Å²) in [7, 11) is 1.82. The molecule has 2 aromatic rings. The highest BCUT2D eigenvalue weighted by molar-refractivity contribution is 5.88. The van der Waals surface area contributed by atoms with Gasteiger partial charge < -0.3 is 5.32 Å². The third kappa shape index (κ3) is 4.20. The lowest BCUT2D eigenvalue weighted by Gasteiger charge is -2.35. The third-order valence-electron chi connectivity index (χ3n) is 4.89. The first-order valence-corrected chi connectivity index (χ1v) is 8.93. The van der Waals surface area contributed by atoms with Gasteiger partial charge in [0.15, 0.2) is 0 Å². The second-order valence-corrected chi connectivity index (χ2v) is 6.68. The summed E-state index contributed by atoms with van der Waals surface area (Å²) < 4.78 is 1.67. The van der Waals surface area contributed by atoms with E-state index >= 15 is 0 Å². The summed E-state index contributed by atoms with van der Waals surface area (Å²) in [6.45, 7) is 6.72. The molecule has 1 aliphatic heterocycles. The SMILES string of the molecule is CC[C@H](CNC(=O)Nc1cc(C)nn1C)N1CCc2ccccc2C1. The van der Waals surface area contributed by atoms with E-state index in [1.165, 1.54) is 11.1 Å². The molecule has 0 aliphatic carbocycles. The highest BCUT2D eigenvalue weighted by atomic mass is 16.2. The highest BCUT2D eigenvalue weighted by Gasteiger charge is 2.22. The van der Waals surface area contributed by atoms with Crippen LogP contribution in [0.3, 0.4) is 0 Å². The summed E-state index contributed by atoms with van der Waals surface area (Å²) in [4.78, 5) is 14.7. The second-order valence-electron chi connectivity index (χ2n) is 6.68. The standard InChI is InChI=1S/C19H27N5O/c1-4-17(24-10-9-15-7-5-6-8-16(15)13-24)12-20-19(25)21-18-11-14(2)22-23(18)3/h5-8,11,17H,4,9-10,12-13H2,1-3H3,(H2,20,21,25)/t17-/m1/s1. The fourth-order valence-electron chi connectivity index (χ4n) is 3.46. The van der Waals surface area contributed by atoms with Gasteiger partial charge in [0.05, 0.1) is 5.69 Å². The van der Waals surface area contributed by atoms with Crippen molar-refractivity contribution in [3.8, 4) is 0 Å². The smallest absolute Gasteiger partial charge is 0.320 e. The molecule has 2 heterocycles. The van der Waals surface area contributed by atoms with Crippen molar-refractivity contribution in [2.75, 3.05) is 18.4 Å². The molecule has 0 unspecified atom stereocenters. The molecule has 0 fully saturated rings. The van der Waals surface area contributed by atoms with Crippen LogP contribution in [0.1, 0.15) is 30.2 Å². The average molecular weight is 341 g/mol. The number of rotatable bonds is 5. The number of nitrogens with zero attached hydrogens (tertiary/aromatic N) is 3. The van der Waals surface area contributed by atoms with Gasteiger partial charge >= 0.3 is 6.03 Å². The number of fused-ring (bicyclic) bond motifs is 1. The highest BCUT2D eigenvalue weighted by Crippen LogP contribution is 2.21. The van der Waals surface area contributed by atoms with Crippen molar-refractivity contribution < 1.29 is 4.79 Å². The van der Waals surface area contributed by atoms with Gasteiger partial charge in [-0.2, -0.15) is 5.10 Å². The Labute approximate surface area is 149 Å². The summed E-state index contributed by atoms with van der Waals surface area (Å²) in [6.07, 6.45) is 2.08. The molecule has 134 valence electrons. The number of hydrogen-bond acceptors (Lipinski definition) is 3. The van der Waals surface area contributed by atoms with E-state index in [9.17, 15) is 4.79 Å². The first kappa shape index (κ1) is 17.5. The van der Waals surface area contributed by atoms with Gasteiger partial charge in [-0.25, -0.2) is 4.79 Å². The van der Waals surface area contributed by atoms with E-state index in [1.807, 2.05) is 20.0 Å². The van der Waals surface area contributed by atoms with Crippen LogP contribution in [0.25, 0.3) is 0 Å². The number of aryl methyl sites for hydroxylation is 2. The second kappa shape index (κ2) is 7.70. The van der Waals surface area contributed by atoms with E-state index < -0.39 is 0 Å². The first-order valence-electron chi connectivity index (χ1n) is 8.93. The molecule has 25 heavy (non-hydrogen) atoms. The Morgan fingerprint density at radius 3 is 2.76 bits per heavy atom. The first-order chi connectivity index (χ1) is 12.1. The normalized spacial score (nSPS) is 15.5. The Hall–Kier alpha value is -2.34. The number of nitrogens with one attached hydrogen (secondary N) is 2. The lowest BCUT2D eigenvalue weighted by molar-refractivity contribution is 0.170. The molecular formula is C19H27N5O. The molecule has 0 saturated heterocycles. The largest absolute Gasteiger partial charge is 0.336 e. The summed E-state index contributed by atoms with van der Waals surface area (Å²) in [5.74, 6) is 0.704. The molecule has 1 aromatic heterocycles. The maximum Gasteiger partial charge on any atom is 0.320 e. The Morgan fingerprint density at radius 2 is 2.08 bits per heavy atom. The maximum atomic E-state index is 12.2. The van der Waals surface area contributed by atoms with Crippen molar-refractivity contribution in [1.82, 2.24) is 20.0 Å². The van der Waals surface area contributed by atoms with Crippen LogP contribution in [0, 0.1) is 6.92 Å². The predicted molar refractivity (Wildman–Crippen MR) is 99.6 cm³/mol. The van der Waals surface area contributed by atoms with Crippen LogP contribution in [0.4, 0.5) is 10.6 Å². The molecule has 0 bridgehead atoms. The minimum Gasteiger partial charge on any atom is -0.336 e. The molecule has 3 rings (SSSR count). The number of carbonyl (C=O) groups excluding carboxylic acids is 1. The quantitative estimate of drug-likeness (QED) is 0.879. The number of carbonyl (C=O) groups is 1. The molecular weight excluding hydrogens is 314 g/mol. The molecule has 1 atom stereocenters. The number of benzene rings is 1. The van der Waals surface area contributed by atoms with E-state index in [0.717, 1.165) is 31.6 Å². The number of hydrogen-bond donors (Lipinski definition) is 2. The van der Waals surface area contributed by atoms with Crippen molar-refractivity contribution >= 4 is 11.8 Å². The van der Waals surface area contributed by atoms with Gasteiger partial charge in [0.2, 0.25) is 0 Å². The molecule has 2 N–H and O–H groups in total. The lowest BCUT2D eigenvalue weighted by atomic mass is 9.98. The van der Waals surface area contributed by atoms with Crippen LogP contribution in [-0.2, 0) is 20.0 Å². The summed E-state index contributed by atoms with van der Waals surface area (Å²) in [5, 5.41) is 10.1. The molecule has 1 aliphatic rings. The van der Waals surface area contributed by atoms with Crippen LogP contribution in [0.2, 0.25) is 0 Å². The predicted octanol–water partition coefficient (Wildman–Crippen LogP) is 2.69. The zero-order chi connectivity index (χ0) is 17.8. The van der Waals surface area contributed by atoms with E-state index in [-0.39, 0.29) is 6.03 Å². The topological polar surface area (TPSA) is 62.2 Å². The van der Waals surface area contributed by atoms with E-state index in [4.69, 9.17) is 0 Å². The Balaban J connectivity index is 1.54. The number of anilines is 1. The van der Waals surface area contributed by atoms with Crippen LogP contribution < -0.4 is 10.6 Å². The minimum absolute atomic E-state index is 0.182. The molecule has 6 heteroatoms. The molecule has 6 nitrogen and oxygen atoms in total. The van der Waals surface area contributed by atoms with E-state index in [1.54, 1.807) is 4.68 Å². The van der Waals surface area contributed by atoms with Gasteiger partial charge in [-0.15, -0.1) is 0 Å². The van der Waals surface area contributed by atoms with Crippen LogP contribution in [0.5, 0.6) is 0 Å². The van der Waals surface area contributed by atoms with Gasteiger partial charge in [0.1, 0.15) is 5.82 Å². The minimum atomic E-state index is -0.182. The summed E-state index contributed by atoms with van der Waals surface area (Å²) >= 11 is 0. The third-order valence-corrected chi connectivity index (χ3v) is 4.89. The van der Waals surface area contributed by atoms with E-state index in [0.29, 0.717) is 18.4 Å². The zero-order valence-corrected chi connectivity index (χ0v) is 15.2. The van der Waals surface area contributed by atoms with Gasteiger partial charge in [0, 0.05) is 38.8 Å². The van der Waals surface area contributed by atoms with Gasteiger partial charge in [-0.1, -0.05) is 31.2 Å². The van der Waals surface area contributed by atoms with Crippen molar-refractivity contribution in [1.29, 1.82) is 0 Å². The fraction of sp³-hybridized carbons (Fsp3) is 0.474. The number of aromatic nitrogens is 2. The number of amides is 2. The van der Waals surface area contributed by atoms with Crippen molar-refractivity contribution in [3.05, 3.63) is 47.2 Å². The molecule has 0 radical (unpaired) electrons. The van der Waals surface area contributed by atoms with Gasteiger partial charge in [0.25, 0.3) is 0 Å². The zero-order valence-electron chi connectivity index (χ0n) is 15.2. The Morgan fingerprint density at radius 1 is 1.32 bits per heavy atom. The Bertz CT molecular complexity index is 739. The Kier molecular flexibility index (Phi) is 5.38. The van der Waals surface area contributed by atoms with E-state index in [2.05, 4.69) is 51.8 Å². The maximum absolute atomic E-state index is 12.2. The summed E-state index contributed by atoms with van der Waals surface area (Å²) in [5.41, 5.74) is 3.74. The van der Waals surface area contributed by atoms with Crippen LogP contribution >= 0.6 is 0 Å². The number of urea groups is 1. The molecule has 1 aromatic carbocycles. The van der Waals surface area contributed by atoms with Crippen LogP contribution in [-0.4, -0.2) is 39.8 Å². The fourth-order valence-corrected chi connectivity index (χ4v) is 3.46.